The molecule has 2 heterocycles. The van der Waals surface area contributed by atoms with Crippen molar-refractivity contribution in [3.8, 4) is 0 Å². The van der Waals surface area contributed by atoms with E-state index in [1.807, 2.05) is 11.8 Å². The van der Waals surface area contributed by atoms with E-state index in [9.17, 15) is 4.79 Å². The second-order valence-corrected chi connectivity index (χ2v) is 4.96. The predicted molar refractivity (Wildman–Crippen MR) is 72.6 cm³/mol. The van der Waals surface area contributed by atoms with E-state index in [0.717, 1.165) is 43.6 Å². The Morgan fingerprint density at radius 1 is 1.33 bits per heavy atom. The van der Waals surface area contributed by atoms with Gasteiger partial charge in [-0.3, -0.25) is 4.79 Å². The van der Waals surface area contributed by atoms with E-state index in [1.54, 1.807) is 0 Å². The van der Waals surface area contributed by atoms with E-state index in [1.165, 1.54) is 0 Å². The first-order chi connectivity index (χ1) is 8.71. The minimum atomic E-state index is 0.0979. The van der Waals surface area contributed by atoms with Crippen molar-refractivity contribution in [3.05, 3.63) is 29.1 Å². The standard InChI is InChI=1S/C15H22N2O/c1-4-7-11(5-2)13-9-8-12-10-17(6-3)15(18)14(12)16-13/h8-9,11H,4-7,10H2,1-3H3. The maximum atomic E-state index is 12.1. The Labute approximate surface area is 109 Å². The van der Waals surface area contributed by atoms with Crippen LogP contribution in [0.25, 0.3) is 0 Å². The molecule has 0 spiro atoms. The third-order valence-corrected chi connectivity index (χ3v) is 3.78. The molecule has 0 radical (unpaired) electrons. The molecule has 1 aliphatic heterocycles. The highest BCUT2D eigenvalue weighted by molar-refractivity contribution is 5.96. The maximum Gasteiger partial charge on any atom is 0.273 e. The van der Waals surface area contributed by atoms with Gasteiger partial charge in [0.1, 0.15) is 5.69 Å². The van der Waals surface area contributed by atoms with Crippen molar-refractivity contribution in [2.45, 2.75) is 52.5 Å². The molecule has 1 aliphatic rings. The van der Waals surface area contributed by atoms with E-state index in [4.69, 9.17) is 0 Å². The van der Waals surface area contributed by atoms with Gasteiger partial charge in [-0.1, -0.05) is 26.3 Å². The van der Waals surface area contributed by atoms with E-state index in [2.05, 4.69) is 31.0 Å². The molecule has 1 aromatic rings. The number of hydrogen-bond donors (Lipinski definition) is 0. The number of aromatic nitrogens is 1. The molecule has 0 aliphatic carbocycles. The zero-order chi connectivity index (χ0) is 13.1. The first-order valence-electron chi connectivity index (χ1n) is 7.00. The number of carbonyl (C=O) groups is 1. The molecular weight excluding hydrogens is 224 g/mol. The molecule has 1 unspecified atom stereocenters. The minimum absolute atomic E-state index is 0.0979. The van der Waals surface area contributed by atoms with Crippen LogP contribution in [0.3, 0.4) is 0 Å². The summed E-state index contributed by atoms with van der Waals surface area (Å²) >= 11 is 0. The van der Waals surface area contributed by atoms with Gasteiger partial charge in [0, 0.05) is 30.3 Å². The summed E-state index contributed by atoms with van der Waals surface area (Å²) in [7, 11) is 0. The lowest BCUT2D eigenvalue weighted by Gasteiger charge is -2.13. The molecule has 1 amide bonds. The number of carbonyl (C=O) groups excluding carboxylic acids is 1. The highest BCUT2D eigenvalue weighted by Gasteiger charge is 2.28. The molecule has 1 atom stereocenters. The van der Waals surface area contributed by atoms with Crippen LogP contribution >= 0.6 is 0 Å². The molecule has 98 valence electrons. The Morgan fingerprint density at radius 3 is 2.72 bits per heavy atom. The molecule has 2 rings (SSSR count). The summed E-state index contributed by atoms with van der Waals surface area (Å²) in [5, 5.41) is 0. The topological polar surface area (TPSA) is 33.2 Å². The molecule has 3 heteroatoms. The lowest BCUT2D eigenvalue weighted by atomic mass is 9.96. The first-order valence-corrected chi connectivity index (χ1v) is 7.00. The average Bonchev–Trinajstić information content (AvgIpc) is 2.72. The van der Waals surface area contributed by atoms with E-state index >= 15 is 0 Å². The normalized spacial score (nSPS) is 15.9. The fraction of sp³-hybridized carbons (Fsp3) is 0.600. The van der Waals surface area contributed by atoms with Crippen molar-refractivity contribution in [2.24, 2.45) is 0 Å². The van der Waals surface area contributed by atoms with Gasteiger partial charge in [-0.15, -0.1) is 0 Å². The summed E-state index contributed by atoms with van der Waals surface area (Å²) in [5.74, 6) is 0.587. The minimum Gasteiger partial charge on any atom is -0.333 e. The molecule has 18 heavy (non-hydrogen) atoms. The molecule has 0 fully saturated rings. The van der Waals surface area contributed by atoms with Crippen LogP contribution in [-0.4, -0.2) is 22.3 Å². The maximum absolute atomic E-state index is 12.1. The average molecular weight is 246 g/mol. The van der Waals surface area contributed by atoms with Crippen molar-refractivity contribution in [3.63, 3.8) is 0 Å². The summed E-state index contributed by atoms with van der Waals surface area (Å²) < 4.78 is 0. The van der Waals surface area contributed by atoms with Crippen molar-refractivity contribution < 1.29 is 4.79 Å². The summed E-state index contributed by atoms with van der Waals surface area (Å²) in [5.41, 5.74) is 2.85. The van der Waals surface area contributed by atoms with Gasteiger partial charge in [0.05, 0.1) is 0 Å². The molecule has 1 aromatic heterocycles. The lowest BCUT2D eigenvalue weighted by Crippen LogP contribution is -2.23. The van der Waals surface area contributed by atoms with Gasteiger partial charge in [0.2, 0.25) is 0 Å². The Balaban J connectivity index is 2.28. The summed E-state index contributed by atoms with van der Waals surface area (Å²) in [4.78, 5) is 18.6. The Bertz CT molecular complexity index is 442. The van der Waals surface area contributed by atoms with Crippen LogP contribution < -0.4 is 0 Å². The van der Waals surface area contributed by atoms with Gasteiger partial charge in [0.15, 0.2) is 0 Å². The zero-order valence-electron chi connectivity index (χ0n) is 11.6. The van der Waals surface area contributed by atoms with Crippen LogP contribution in [0.15, 0.2) is 12.1 Å². The highest BCUT2D eigenvalue weighted by atomic mass is 16.2. The Hall–Kier alpha value is -1.38. The first kappa shape index (κ1) is 13.1. The SMILES string of the molecule is CCCC(CC)c1ccc2c(n1)C(=O)N(CC)C2. The van der Waals surface area contributed by atoms with Crippen LogP contribution in [-0.2, 0) is 6.54 Å². The largest absolute Gasteiger partial charge is 0.333 e. The highest BCUT2D eigenvalue weighted by Crippen LogP contribution is 2.27. The monoisotopic (exact) mass is 246 g/mol. The molecule has 0 saturated heterocycles. The van der Waals surface area contributed by atoms with Gasteiger partial charge < -0.3 is 4.90 Å². The second kappa shape index (κ2) is 5.51. The van der Waals surface area contributed by atoms with Crippen molar-refractivity contribution in [2.75, 3.05) is 6.54 Å². The van der Waals surface area contributed by atoms with E-state index in [-0.39, 0.29) is 5.91 Å². The van der Waals surface area contributed by atoms with Crippen LogP contribution in [0, 0.1) is 0 Å². The van der Waals surface area contributed by atoms with Crippen LogP contribution in [0.2, 0.25) is 0 Å². The quantitative estimate of drug-likeness (QED) is 0.798. The van der Waals surface area contributed by atoms with Crippen LogP contribution in [0.1, 0.15) is 67.7 Å². The van der Waals surface area contributed by atoms with E-state index in [0.29, 0.717) is 11.6 Å². The summed E-state index contributed by atoms with van der Waals surface area (Å²) in [6.45, 7) is 7.88. The van der Waals surface area contributed by atoms with Gasteiger partial charge in [-0.25, -0.2) is 4.98 Å². The summed E-state index contributed by atoms with van der Waals surface area (Å²) in [6, 6.07) is 4.19. The molecule has 0 saturated carbocycles. The van der Waals surface area contributed by atoms with Gasteiger partial charge in [0.25, 0.3) is 5.91 Å². The van der Waals surface area contributed by atoms with Crippen molar-refractivity contribution in [1.82, 2.24) is 9.88 Å². The Morgan fingerprint density at radius 2 is 2.11 bits per heavy atom. The number of hydrogen-bond acceptors (Lipinski definition) is 2. The molecule has 0 bridgehead atoms. The lowest BCUT2D eigenvalue weighted by molar-refractivity contribution is 0.0782. The van der Waals surface area contributed by atoms with Gasteiger partial charge in [-0.2, -0.15) is 0 Å². The third-order valence-electron chi connectivity index (χ3n) is 3.78. The molecule has 0 aromatic carbocycles. The van der Waals surface area contributed by atoms with Gasteiger partial charge >= 0.3 is 0 Å². The smallest absolute Gasteiger partial charge is 0.273 e. The van der Waals surface area contributed by atoms with Crippen molar-refractivity contribution in [1.29, 1.82) is 0 Å². The zero-order valence-corrected chi connectivity index (χ0v) is 11.6. The number of pyridine rings is 1. The van der Waals surface area contributed by atoms with Crippen LogP contribution in [0.5, 0.6) is 0 Å². The number of fused-ring (bicyclic) bond motifs is 1. The predicted octanol–water partition coefficient (Wildman–Crippen LogP) is 3.35. The number of rotatable bonds is 5. The number of nitrogens with zero attached hydrogens (tertiary/aromatic N) is 2. The van der Waals surface area contributed by atoms with E-state index < -0.39 is 0 Å². The van der Waals surface area contributed by atoms with Crippen LogP contribution in [0.4, 0.5) is 0 Å². The summed E-state index contributed by atoms with van der Waals surface area (Å²) in [6.07, 6.45) is 3.39. The molecule has 3 nitrogen and oxygen atoms in total. The van der Waals surface area contributed by atoms with Crippen molar-refractivity contribution >= 4 is 5.91 Å². The molecular formula is C15H22N2O. The molecule has 0 N–H and O–H groups in total. The fourth-order valence-corrected chi connectivity index (χ4v) is 2.64. The number of amides is 1. The second-order valence-electron chi connectivity index (χ2n) is 4.96. The Kier molecular flexibility index (Phi) is 4.00. The van der Waals surface area contributed by atoms with Gasteiger partial charge in [-0.05, 0) is 25.8 Å². The fourth-order valence-electron chi connectivity index (χ4n) is 2.64. The third kappa shape index (κ3) is 2.26.